The molecule has 1 saturated heterocycles. The third-order valence-electron chi connectivity index (χ3n) is 6.55. The van der Waals surface area contributed by atoms with Crippen LogP contribution in [-0.2, 0) is 35.1 Å². The summed E-state index contributed by atoms with van der Waals surface area (Å²) in [7, 11) is 1.52. The lowest BCUT2D eigenvalue weighted by Gasteiger charge is -2.33. The number of aryl methyl sites for hydroxylation is 1. The minimum absolute atomic E-state index is 0.167. The smallest absolute Gasteiger partial charge is 0.247 e. The van der Waals surface area contributed by atoms with Gasteiger partial charge < -0.3 is 24.8 Å². The molecule has 39 heavy (non-hydrogen) atoms. The first-order chi connectivity index (χ1) is 18.6. The zero-order valence-corrected chi connectivity index (χ0v) is 23.1. The zero-order chi connectivity index (χ0) is 28.6. The van der Waals surface area contributed by atoms with Crippen molar-refractivity contribution in [3.05, 3.63) is 59.7 Å². The van der Waals surface area contributed by atoms with Crippen molar-refractivity contribution in [1.82, 2.24) is 10.6 Å². The quantitative estimate of drug-likeness (QED) is 0.352. The molecule has 10 nitrogen and oxygen atoms in total. The first kappa shape index (κ1) is 29.8. The number of amides is 3. The number of carbonyl (C=O) groups excluding carboxylic acids is 4. The van der Waals surface area contributed by atoms with Gasteiger partial charge in [0, 0.05) is 19.1 Å². The average molecular weight is 540 g/mol. The Bertz CT molecular complexity index is 1180. The zero-order valence-electron chi connectivity index (χ0n) is 23.1. The Labute approximate surface area is 229 Å². The van der Waals surface area contributed by atoms with Crippen molar-refractivity contribution in [3.63, 3.8) is 0 Å². The highest BCUT2D eigenvalue weighted by atomic mass is 16.6. The van der Waals surface area contributed by atoms with Crippen molar-refractivity contribution in [2.75, 3.05) is 38.4 Å². The summed E-state index contributed by atoms with van der Waals surface area (Å²) in [5.74, 6) is -1.19. The number of epoxide rings is 1. The summed E-state index contributed by atoms with van der Waals surface area (Å²) >= 11 is 0. The Morgan fingerprint density at radius 2 is 1.82 bits per heavy atom. The minimum Gasteiger partial charge on any atom is -0.497 e. The van der Waals surface area contributed by atoms with Crippen molar-refractivity contribution in [2.24, 2.45) is 0 Å². The van der Waals surface area contributed by atoms with Gasteiger partial charge in [-0.2, -0.15) is 0 Å². The van der Waals surface area contributed by atoms with E-state index in [1.165, 1.54) is 18.9 Å². The summed E-state index contributed by atoms with van der Waals surface area (Å²) < 4.78 is 15.9. The molecule has 2 aromatic rings. The van der Waals surface area contributed by atoms with Crippen LogP contribution in [0.5, 0.6) is 5.75 Å². The third kappa shape index (κ3) is 7.87. The SMILES string of the molecule is CCOCC(=O)N[C@@H](C)C(=O)NCC(=O)N(c1cc(OC)ccc1C)[C@@H](Cc1ccccc1)C(=O)[C@@]1(C)CO1. The molecule has 0 radical (unpaired) electrons. The Hall–Kier alpha value is -3.76. The van der Waals surface area contributed by atoms with E-state index in [1.54, 1.807) is 26.0 Å². The molecule has 1 fully saturated rings. The van der Waals surface area contributed by atoms with Gasteiger partial charge in [0.15, 0.2) is 5.78 Å². The maximum Gasteiger partial charge on any atom is 0.247 e. The highest BCUT2D eigenvalue weighted by Gasteiger charge is 2.52. The average Bonchev–Trinajstić information content (AvgIpc) is 3.69. The fraction of sp³-hybridized carbons (Fsp3) is 0.448. The molecule has 2 N–H and O–H groups in total. The highest BCUT2D eigenvalue weighted by Crippen LogP contribution is 2.34. The lowest BCUT2D eigenvalue weighted by molar-refractivity contribution is -0.132. The van der Waals surface area contributed by atoms with Crippen molar-refractivity contribution in [1.29, 1.82) is 0 Å². The number of ketones is 1. The van der Waals surface area contributed by atoms with Gasteiger partial charge in [-0.15, -0.1) is 0 Å². The Morgan fingerprint density at radius 3 is 2.44 bits per heavy atom. The van der Waals surface area contributed by atoms with Gasteiger partial charge in [-0.05, 0) is 44.9 Å². The number of hydrogen-bond donors (Lipinski definition) is 2. The lowest BCUT2D eigenvalue weighted by Crippen LogP contribution is -2.54. The first-order valence-corrected chi connectivity index (χ1v) is 12.9. The number of anilines is 1. The molecular formula is C29H37N3O7. The Balaban J connectivity index is 1.90. The molecular weight excluding hydrogens is 502 g/mol. The predicted molar refractivity (Wildman–Crippen MR) is 146 cm³/mol. The third-order valence-corrected chi connectivity index (χ3v) is 6.55. The number of hydrogen-bond acceptors (Lipinski definition) is 7. The van der Waals surface area contributed by atoms with Gasteiger partial charge >= 0.3 is 0 Å². The van der Waals surface area contributed by atoms with E-state index in [4.69, 9.17) is 14.2 Å². The molecule has 0 aliphatic carbocycles. The van der Waals surface area contributed by atoms with Gasteiger partial charge in [-0.25, -0.2) is 0 Å². The Kier molecular flexibility index (Phi) is 10.2. The second kappa shape index (κ2) is 13.3. The summed E-state index contributed by atoms with van der Waals surface area (Å²) in [4.78, 5) is 53.7. The Morgan fingerprint density at radius 1 is 1.13 bits per heavy atom. The summed E-state index contributed by atoms with van der Waals surface area (Å²) in [5.41, 5.74) is 1.12. The van der Waals surface area contributed by atoms with Gasteiger partial charge in [0.05, 0.1) is 25.9 Å². The summed E-state index contributed by atoms with van der Waals surface area (Å²) in [6, 6.07) is 12.9. The first-order valence-electron chi connectivity index (χ1n) is 12.9. The number of nitrogens with one attached hydrogen (secondary N) is 2. The van der Waals surface area contributed by atoms with Gasteiger partial charge in [0.25, 0.3) is 0 Å². The standard InChI is InChI=1S/C29H37N3O7/c1-6-38-17-25(33)31-20(3)28(36)30-16-26(34)32(23-15-22(37-5)13-12-19(23)2)24(27(35)29(4)18-39-29)14-21-10-8-7-9-11-21/h7-13,15,20,24H,6,14,16-18H2,1-5H3,(H,30,36)(H,31,33)/t20-,24-,29+/m0/s1. The van der Waals surface area contributed by atoms with Crippen LogP contribution in [0.15, 0.2) is 48.5 Å². The van der Waals surface area contributed by atoms with E-state index in [1.807, 2.05) is 43.3 Å². The van der Waals surface area contributed by atoms with E-state index >= 15 is 0 Å². The molecule has 10 heteroatoms. The fourth-order valence-electron chi connectivity index (χ4n) is 4.14. The van der Waals surface area contributed by atoms with E-state index in [-0.39, 0.29) is 25.4 Å². The number of methoxy groups -OCH3 is 1. The molecule has 1 aliphatic rings. The minimum atomic E-state index is -0.993. The number of nitrogens with zero attached hydrogens (tertiary/aromatic N) is 1. The van der Waals surface area contributed by atoms with E-state index in [0.717, 1.165) is 11.1 Å². The molecule has 0 bridgehead atoms. The second-order valence-corrected chi connectivity index (χ2v) is 9.65. The molecule has 3 atom stereocenters. The largest absolute Gasteiger partial charge is 0.497 e. The van der Waals surface area contributed by atoms with E-state index in [2.05, 4.69) is 10.6 Å². The monoisotopic (exact) mass is 539 g/mol. The number of ether oxygens (including phenoxy) is 3. The number of Topliss-reactive ketones (excluding diaryl/α,β-unsaturated/α-hetero) is 1. The van der Waals surface area contributed by atoms with Crippen LogP contribution >= 0.6 is 0 Å². The molecule has 0 spiro atoms. The number of rotatable bonds is 14. The van der Waals surface area contributed by atoms with Gasteiger partial charge in [-0.3, -0.25) is 24.1 Å². The molecule has 2 aromatic carbocycles. The fourth-order valence-corrected chi connectivity index (χ4v) is 4.14. The number of benzene rings is 2. The summed E-state index contributed by atoms with van der Waals surface area (Å²) in [6.45, 7) is 6.90. The summed E-state index contributed by atoms with van der Waals surface area (Å²) in [6.07, 6.45) is 0.249. The predicted octanol–water partition coefficient (Wildman–Crippen LogP) is 1.96. The second-order valence-electron chi connectivity index (χ2n) is 9.65. The summed E-state index contributed by atoms with van der Waals surface area (Å²) in [5, 5.41) is 5.13. The van der Waals surface area contributed by atoms with Crippen LogP contribution in [0.4, 0.5) is 5.69 Å². The highest BCUT2D eigenvalue weighted by molar-refractivity contribution is 6.06. The lowest BCUT2D eigenvalue weighted by atomic mass is 9.92. The van der Waals surface area contributed by atoms with E-state index in [9.17, 15) is 19.2 Å². The van der Waals surface area contributed by atoms with Crippen LogP contribution in [-0.4, -0.2) is 74.7 Å². The van der Waals surface area contributed by atoms with Crippen LogP contribution in [0.1, 0.15) is 31.9 Å². The molecule has 0 aromatic heterocycles. The van der Waals surface area contributed by atoms with Crippen LogP contribution in [0, 0.1) is 6.92 Å². The normalized spacial score (nSPS) is 17.5. The van der Waals surface area contributed by atoms with Crippen LogP contribution in [0.2, 0.25) is 0 Å². The molecule has 0 unspecified atom stereocenters. The number of carbonyl (C=O) groups is 4. The van der Waals surface area contributed by atoms with Crippen molar-refractivity contribution in [3.8, 4) is 5.75 Å². The molecule has 1 aliphatic heterocycles. The van der Waals surface area contributed by atoms with E-state index < -0.39 is 42.0 Å². The van der Waals surface area contributed by atoms with Gasteiger partial charge in [0.1, 0.15) is 30.0 Å². The van der Waals surface area contributed by atoms with Crippen molar-refractivity contribution in [2.45, 2.75) is 51.8 Å². The molecule has 3 amide bonds. The van der Waals surface area contributed by atoms with E-state index in [0.29, 0.717) is 18.0 Å². The van der Waals surface area contributed by atoms with Crippen LogP contribution in [0.25, 0.3) is 0 Å². The maximum atomic E-state index is 13.8. The van der Waals surface area contributed by atoms with Crippen molar-refractivity contribution < 1.29 is 33.4 Å². The van der Waals surface area contributed by atoms with Gasteiger partial charge in [-0.1, -0.05) is 36.4 Å². The molecule has 210 valence electrons. The topological polar surface area (TPSA) is 127 Å². The van der Waals surface area contributed by atoms with Crippen LogP contribution < -0.4 is 20.3 Å². The molecule has 1 heterocycles. The van der Waals surface area contributed by atoms with Gasteiger partial charge in [0.2, 0.25) is 17.7 Å². The maximum absolute atomic E-state index is 13.8. The van der Waals surface area contributed by atoms with Crippen molar-refractivity contribution >= 4 is 29.2 Å². The molecule has 3 rings (SSSR count). The molecule has 0 saturated carbocycles. The van der Waals surface area contributed by atoms with Crippen LogP contribution in [0.3, 0.4) is 0 Å².